The molecule has 0 radical (unpaired) electrons. The number of nitriles is 1. The van der Waals surface area contributed by atoms with Crippen LogP contribution in [0.2, 0.25) is 0 Å². The van der Waals surface area contributed by atoms with Gasteiger partial charge in [-0.2, -0.15) is 5.26 Å². The first kappa shape index (κ1) is 15.2. The Morgan fingerprint density at radius 2 is 2.19 bits per heavy atom. The SMILES string of the molecule is CCCOc1ccc(C(=O)O)c(OCC2(CC#N)CC2)c1. The molecule has 1 aliphatic rings. The molecule has 112 valence electrons. The van der Waals surface area contributed by atoms with E-state index in [-0.39, 0.29) is 11.0 Å². The zero-order valence-corrected chi connectivity index (χ0v) is 12.1. The van der Waals surface area contributed by atoms with Crippen molar-refractivity contribution in [1.29, 1.82) is 5.26 Å². The Hall–Kier alpha value is -2.22. The van der Waals surface area contributed by atoms with E-state index in [4.69, 9.17) is 14.7 Å². The van der Waals surface area contributed by atoms with Crippen LogP contribution >= 0.6 is 0 Å². The van der Waals surface area contributed by atoms with Crippen LogP contribution in [0.25, 0.3) is 0 Å². The third kappa shape index (κ3) is 3.88. The summed E-state index contributed by atoms with van der Waals surface area (Å²) in [6.45, 7) is 2.95. The number of carboxylic acid groups (broad SMARTS) is 1. The second-order valence-electron chi connectivity index (χ2n) is 5.44. The molecular formula is C16H19NO4. The lowest BCUT2D eigenvalue weighted by Crippen LogP contribution is -2.14. The van der Waals surface area contributed by atoms with Crippen LogP contribution in [-0.2, 0) is 0 Å². The topological polar surface area (TPSA) is 79.6 Å². The van der Waals surface area contributed by atoms with Gasteiger partial charge in [0.2, 0.25) is 0 Å². The minimum absolute atomic E-state index is 0.0925. The molecule has 21 heavy (non-hydrogen) atoms. The second kappa shape index (κ2) is 6.49. The highest BCUT2D eigenvalue weighted by Gasteiger charge is 2.43. The number of ether oxygens (including phenoxy) is 2. The minimum atomic E-state index is -1.03. The van der Waals surface area contributed by atoms with Gasteiger partial charge in [0, 0.05) is 17.9 Å². The molecule has 0 bridgehead atoms. The lowest BCUT2D eigenvalue weighted by atomic mass is 10.1. The van der Waals surface area contributed by atoms with Crippen molar-refractivity contribution in [3.63, 3.8) is 0 Å². The normalized spacial score (nSPS) is 15.0. The van der Waals surface area contributed by atoms with E-state index in [1.165, 1.54) is 6.07 Å². The Balaban J connectivity index is 2.11. The van der Waals surface area contributed by atoms with E-state index in [0.717, 1.165) is 19.3 Å². The first-order valence-electron chi connectivity index (χ1n) is 7.10. The molecule has 0 aromatic heterocycles. The zero-order valence-electron chi connectivity index (χ0n) is 12.1. The van der Waals surface area contributed by atoms with Gasteiger partial charge in [-0.25, -0.2) is 4.79 Å². The average molecular weight is 289 g/mol. The van der Waals surface area contributed by atoms with Gasteiger partial charge < -0.3 is 14.6 Å². The molecule has 1 saturated carbocycles. The summed E-state index contributed by atoms with van der Waals surface area (Å²) in [7, 11) is 0. The third-order valence-corrected chi connectivity index (χ3v) is 3.60. The highest BCUT2D eigenvalue weighted by molar-refractivity contribution is 5.91. The summed E-state index contributed by atoms with van der Waals surface area (Å²) >= 11 is 0. The van der Waals surface area contributed by atoms with E-state index in [1.807, 2.05) is 6.92 Å². The number of hydrogen-bond donors (Lipinski definition) is 1. The van der Waals surface area contributed by atoms with Gasteiger partial charge >= 0.3 is 5.97 Å². The molecule has 0 spiro atoms. The monoisotopic (exact) mass is 289 g/mol. The Morgan fingerprint density at radius 3 is 2.76 bits per heavy atom. The van der Waals surface area contributed by atoms with Crippen molar-refractivity contribution in [3.05, 3.63) is 23.8 Å². The summed E-state index contributed by atoms with van der Waals surface area (Å²) in [5.41, 5.74) is 0.0248. The molecule has 0 unspecified atom stereocenters. The molecule has 1 N–H and O–H groups in total. The molecule has 0 saturated heterocycles. The molecule has 0 aliphatic heterocycles. The summed E-state index contributed by atoms with van der Waals surface area (Å²) in [5, 5.41) is 18.0. The molecule has 0 heterocycles. The summed E-state index contributed by atoms with van der Waals surface area (Å²) in [5.74, 6) is -0.125. The van der Waals surface area contributed by atoms with Crippen molar-refractivity contribution in [1.82, 2.24) is 0 Å². The van der Waals surface area contributed by atoms with E-state index >= 15 is 0 Å². The summed E-state index contributed by atoms with van der Waals surface area (Å²) in [6, 6.07) is 6.90. The summed E-state index contributed by atoms with van der Waals surface area (Å²) in [6.07, 6.45) is 3.23. The van der Waals surface area contributed by atoms with Crippen LogP contribution in [0.15, 0.2) is 18.2 Å². The fourth-order valence-electron chi connectivity index (χ4n) is 2.06. The predicted molar refractivity (Wildman–Crippen MR) is 76.6 cm³/mol. The molecule has 1 fully saturated rings. The van der Waals surface area contributed by atoms with Crippen LogP contribution in [0.3, 0.4) is 0 Å². The van der Waals surface area contributed by atoms with Gasteiger partial charge in [0.15, 0.2) is 0 Å². The van der Waals surface area contributed by atoms with Gasteiger partial charge in [0.05, 0.1) is 19.3 Å². The zero-order chi connectivity index (χ0) is 15.3. The van der Waals surface area contributed by atoms with Crippen LogP contribution in [0.5, 0.6) is 11.5 Å². The van der Waals surface area contributed by atoms with Gasteiger partial charge in [0.1, 0.15) is 17.1 Å². The molecule has 0 atom stereocenters. The summed E-state index contributed by atoms with van der Waals surface area (Å²) < 4.78 is 11.2. The number of benzene rings is 1. The lowest BCUT2D eigenvalue weighted by Gasteiger charge is -2.15. The number of carbonyl (C=O) groups is 1. The number of rotatable bonds is 8. The minimum Gasteiger partial charge on any atom is -0.493 e. The highest BCUT2D eigenvalue weighted by atomic mass is 16.5. The van der Waals surface area contributed by atoms with E-state index in [1.54, 1.807) is 12.1 Å². The van der Waals surface area contributed by atoms with Crippen molar-refractivity contribution in [2.45, 2.75) is 32.6 Å². The molecular weight excluding hydrogens is 270 g/mol. The molecule has 5 heteroatoms. The molecule has 1 aromatic rings. The number of hydrogen-bond acceptors (Lipinski definition) is 4. The van der Waals surface area contributed by atoms with Crippen LogP contribution in [-0.4, -0.2) is 24.3 Å². The van der Waals surface area contributed by atoms with Crippen molar-refractivity contribution in [2.24, 2.45) is 5.41 Å². The number of nitrogens with zero attached hydrogens (tertiary/aromatic N) is 1. The Labute approximate surface area is 124 Å². The van der Waals surface area contributed by atoms with Gasteiger partial charge in [-0.3, -0.25) is 0 Å². The van der Waals surface area contributed by atoms with Gasteiger partial charge in [-0.15, -0.1) is 0 Å². The average Bonchev–Trinajstić information content (AvgIpc) is 3.23. The van der Waals surface area contributed by atoms with Crippen molar-refractivity contribution >= 4 is 5.97 Å². The van der Waals surface area contributed by atoms with Gasteiger partial charge in [-0.05, 0) is 31.4 Å². The molecule has 2 rings (SSSR count). The molecule has 1 aromatic carbocycles. The van der Waals surface area contributed by atoms with Crippen LogP contribution < -0.4 is 9.47 Å². The first-order chi connectivity index (χ1) is 10.1. The summed E-state index contributed by atoms with van der Waals surface area (Å²) in [4.78, 5) is 11.2. The van der Waals surface area contributed by atoms with Gasteiger partial charge in [0.25, 0.3) is 0 Å². The van der Waals surface area contributed by atoms with E-state index in [2.05, 4.69) is 6.07 Å². The maximum atomic E-state index is 11.2. The van der Waals surface area contributed by atoms with Crippen LogP contribution in [0.4, 0.5) is 0 Å². The number of carboxylic acids is 1. The largest absolute Gasteiger partial charge is 0.493 e. The van der Waals surface area contributed by atoms with E-state index in [0.29, 0.717) is 31.1 Å². The van der Waals surface area contributed by atoms with E-state index < -0.39 is 5.97 Å². The molecule has 5 nitrogen and oxygen atoms in total. The van der Waals surface area contributed by atoms with Crippen molar-refractivity contribution < 1.29 is 19.4 Å². The van der Waals surface area contributed by atoms with Crippen LogP contribution in [0, 0.1) is 16.7 Å². The van der Waals surface area contributed by atoms with Gasteiger partial charge in [-0.1, -0.05) is 6.92 Å². The maximum Gasteiger partial charge on any atom is 0.339 e. The quantitative estimate of drug-likeness (QED) is 0.794. The second-order valence-corrected chi connectivity index (χ2v) is 5.44. The number of aromatic carboxylic acids is 1. The maximum absolute atomic E-state index is 11.2. The highest BCUT2D eigenvalue weighted by Crippen LogP contribution is 2.48. The molecule has 0 amide bonds. The Kier molecular flexibility index (Phi) is 4.69. The lowest BCUT2D eigenvalue weighted by molar-refractivity contribution is 0.0690. The Morgan fingerprint density at radius 1 is 1.43 bits per heavy atom. The Bertz CT molecular complexity index is 558. The standard InChI is InChI=1S/C16H19NO4/c1-2-9-20-12-3-4-13(15(18)19)14(10-12)21-11-16(5-6-16)7-8-17/h3-4,10H,2,5-7,9,11H2,1H3,(H,18,19). The van der Waals surface area contributed by atoms with Crippen molar-refractivity contribution in [2.75, 3.05) is 13.2 Å². The molecule has 1 aliphatic carbocycles. The first-order valence-corrected chi connectivity index (χ1v) is 7.10. The fourth-order valence-corrected chi connectivity index (χ4v) is 2.06. The predicted octanol–water partition coefficient (Wildman–Crippen LogP) is 3.25. The van der Waals surface area contributed by atoms with Crippen molar-refractivity contribution in [3.8, 4) is 17.6 Å². The van der Waals surface area contributed by atoms with Crippen LogP contribution in [0.1, 0.15) is 43.0 Å². The fraction of sp³-hybridized carbons (Fsp3) is 0.500. The third-order valence-electron chi connectivity index (χ3n) is 3.60. The van der Waals surface area contributed by atoms with E-state index in [9.17, 15) is 9.90 Å². The smallest absolute Gasteiger partial charge is 0.339 e.